The minimum absolute atomic E-state index is 0.0509. The number of cyclic esters (lactones) is 1. The second kappa shape index (κ2) is 21.4. The first-order valence-corrected chi connectivity index (χ1v) is 25.9. The van der Waals surface area contributed by atoms with Crippen LogP contribution in [0.4, 0.5) is 21.9 Å². The van der Waals surface area contributed by atoms with Crippen LogP contribution in [0.5, 0.6) is 5.75 Å². The fourth-order valence-corrected chi connectivity index (χ4v) is 11.9. The van der Waals surface area contributed by atoms with E-state index in [2.05, 4.69) is 33.5 Å². The van der Waals surface area contributed by atoms with Crippen LogP contribution in [0.2, 0.25) is 0 Å². The molecule has 0 radical (unpaired) electrons. The van der Waals surface area contributed by atoms with Crippen LogP contribution in [-0.2, 0) is 29.3 Å². The molecule has 4 heterocycles. The molecule has 7 atom stereocenters. The number of ether oxygens (including phenoxy) is 3. The summed E-state index contributed by atoms with van der Waals surface area (Å²) in [5, 5.41) is 16.0. The number of benzene rings is 6. The predicted molar refractivity (Wildman–Crippen MR) is 286 cm³/mol. The predicted octanol–water partition coefficient (Wildman–Crippen LogP) is 9.52. The van der Waals surface area contributed by atoms with Gasteiger partial charge in [-0.3, -0.25) is 19.3 Å². The SMILES string of the molecule is C[C@@H](NC(=O)N1C(=O)[C@@]2(c3cc(C#CC4=CCCCC4)ccc31)[C@H](c1ccc(OCCO)cc1)N1[C@H](c3ccccc3)[C@H](c3ccccc3)OC(=O)[C@H]1[C@@H]2C(=O)Nc1ccc(N2CCOCC2)cc1)c1ccccc1. The van der Waals surface area contributed by atoms with Gasteiger partial charge in [0.05, 0.1) is 49.6 Å². The molecule has 0 aromatic heterocycles. The van der Waals surface area contributed by atoms with Crippen molar-refractivity contribution in [2.24, 2.45) is 5.92 Å². The highest BCUT2D eigenvalue weighted by atomic mass is 16.6. The molecule has 0 unspecified atom stereocenters. The summed E-state index contributed by atoms with van der Waals surface area (Å²) in [5.74, 6) is 3.75. The molecule has 6 aromatic rings. The number of aliphatic hydroxyl groups excluding tert-OH is 1. The molecule has 380 valence electrons. The Morgan fingerprint density at radius 3 is 2.16 bits per heavy atom. The summed E-state index contributed by atoms with van der Waals surface area (Å²) < 4.78 is 18.2. The number of imide groups is 1. The molecule has 0 saturated carbocycles. The van der Waals surface area contributed by atoms with Crippen molar-refractivity contribution in [1.82, 2.24) is 10.2 Å². The van der Waals surface area contributed by atoms with Crippen molar-refractivity contribution in [2.75, 3.05) is 54.6 Å². The Labute approximate surface area is 437 Å². The monoisotopic (exact) mass is 1000 g/mol. The van der Waals surface area contributed by atoms with Crippen LogP contribution >= 0.6 is 0 Å². The van der Waals surface area contributed by atoms with E-state index in [-0.39, 0.29) is 18.9 Å². The third kappa shape index (κ3) is 9.35. The number of fused-ring (bicyclic) bond motifs is 3. The number of morpholine rings is 2. The molecule has 6 aromatic carbocycles. The second-order valence-electron chi connectivity index (χ2n) is 19.7. The number of allylic oxidation sites excluding steroid dienone is 2. The number of aliphatic hydroxyl groups is 1. The molecule has 75 heavy (non-hydrogen) atoms. The summed E-state index contributed by atoms with van der Waals surface area (Å²) >= 11 is 0. The highest BCUT2D eigenvalue weighted by Crippen LogP contribution is 2.66. The van der Waals surface area contributed by atoms with Crippen LogP contribution in [0.25, 0.3) is 0 Å². The largest absolute Gasteiger partial charge is 0.491 e. The molecule has 3 saturated heterocycles. The van der Waals surface area contributed by atoms with Crippen LogP contribution < -0.4 is 25.2 Å². The minimum atomic E-state index is -2.00. The standard InChI is InChI=1S/C62H59N5O8/c1-41(44-16-8-3-9-17-44)63-61(72)66-52-33-24-43(23-22-42-14-6-2-7-15-42)40-51(52)62(60(66)71)53(58(69)64-48-27-29-49(30-28-48)65-34-37-73-38-35-65)55-59(70)75-56(46-20-12-5-13-21-46)54(45-18-10-4-11-19-45)67(55)57(62)47-25-31-50(32-26-47)74-39-36-68/h3-5,8-14,16-21,24-33,40-41,53-57,68H,2,6-7,15,34-39H2,1H3,(H,63,72)(H,64,69)/t41-,53-,54-,55-,56+,57+,62-/m1/s1. The van der Waals surface area contributed by atoms with Gasteiger partial charge in [-0.2, -0.15) is 0 Å². The lowest BCUT2D eigenvalue weighted by Crippen LogP contribution is -2.55. The van der Waals surface area contributed by atoms with E-state index in [9.17, 15) is 5.11 Å². The molecular formula is C62H59N5O8. The quantitative estimate of drug-likeness (QED) is 0.0847. The van der Waals surface area contributed by atoms with Gasteiger partial charge in [-0.05, 0) is 121 Å². The summed E-state index contributed by atoms with van der Waals surface area (Å²) in [6.45, 7) is 4.35. The highest BCUT2D eigenvalue weighted by Gasteiger charge is 2.75. The number of hydrogen-bond acceptors (Lipinski definition) is 10. The maximum absolute atomic E-state index is 16.9. The summed E-state index contributed by atoms with van der Waals surface area (Å²) in [5.41, 5.74) is 4.56. The first kappa shape index (κ1) is 49.2. The molecule has 5 aliphatic rings. The van der Waals surface area contributed by atoms with Crippen LogP contribution in [0.3, 0.4) is 0 Å². The number of anilines is 3. The van der Waals surface area contributed by atoms with Gasteiger partial charge < -0.3 is 34.9 Å². The zero-order chi connectivity index (χ0) is 51.5. The lowest BCUT2D eigenvalue weighted by atomic mass is 9.65. The van der Waals surface area contributed by atoms with E-state index >= 15 is 19.2 Å². The van der Waals surface area contributed by atoms with Crippen LogP contribution in [-0.4, -0.2) is 79.4 Å². The van der Waals surface area contributed by atoms with Crippen LogP contribution in [0.15, 0.2) is 169 Å². The topological polar surface area (TPSA) is 150 Å². The fraction of sp³-hybridized carbons (Fsp3) is 0.290. The number of rotatable bonds is 11. The molecule has 13 nitrogen and oxygen atoms in total. The molecule has 3 fully saturated rings. The zero-order valence-corrected chi connectivity index (χ0v) is 41.8. The number of carbonyl (C=O) groups excluding carboxylic acids is 4. The molecule has 4 aliphatic heterocycles. The molecule has 1 aliphatic carbocycles. The molecule has 1 spiro atoms. The van der Waals surface area contributed by atoms with Crippen molar-refractivity contribution in [3.63, 3.8) is 0 Å². The van der Waals surface area contributed by atoms with Gasteiger partial charge in [-0.1, -0.05) is 121 Å². The minimum Gasteiger partial charge on any atom is -0.491 e. The van der Waals surface area contributed by atoms with E-state index < -0.39 is 65.4 Å². The molecule has 13 heteroatoms. The number of amides is 4. The third-order valence-corrected chi connectivity index (χ3v) is 15.3. The highest BCUT2D eigenvalue weighted by molar-refractivity contribution is 6.25. The van der Waals surface area contributed by atoms with Gasteiger partial charge in [0, 0.05) is 30.0 Å². The molecule has 11 rings (SSSR count). The molecule has 0 bridgehead atoms. The molecule has 4 amide bonds. The van der Waals surface area contributed by atoms with Crippen molar-refractivity contribution < 1.29 is 38.5 Å². The van der Waals surface area contributed by atoms with E-state index in [0.717, 1.165) is 71.6 Å². The lowest BCUT2D eigenvalue weighted by Gasteiger charge is -2.46. The Hall–Kier alpha value is -8.02. The zero-order valence-electron chi connectivity index (χ0n) is 41.8. The van der Waals surface area contributed by atoms with Crippen molar-refractivity contribution in [2.45, 2.75) is 68.3 Å². The number of nitrogens with one attached hydrogen (secondary N) is 2. The van der Waals surface area contributed by atoms with Gasteiger partial charge in [0.25, 0.3) is 0 Å². The van der Waals surface area contributed by atoms with Gasteiger partial charge >= 0.3 is 12.0 Å². The Morgan fingerprint density at radius 1 is 0.787 bits per heavy atom. The second-order valence-corrected chi connectivity index (χ2v) is 19.7. The lowest BCUT2D eigenvalue weighted by molar-refractivity contribution is -0.177. The van der Waals surface area contributed by atoms with Crippen molar-refractivity contribution in [3.05, 3.63) is 203 Å². The van der Waals surface area contributed by atoms with E-state index in [1.54, 1.807) is 18.2 Å². The Balaban J connectivity index is 1.16. The Morgan fingerprint density at radius 2 is 1.48 bits per heavy atom. The van der Waals surface area contributed by atoms with Gasteiger partial charge in [-0.15, -0.1) is 0 Å². The van der Waals surface area contributed by atoms with Crippen LogP contribution in [0.1, 0.15) is 90.2 Å². The number of esters is 1. The average Bonchev–Trinajstić information content (AvgIpc) is 4.13. The van der Waals surface area contributed by atoms with Crippen molar-refractivity contribution in [1.29, 1.82) is 0 Å². The average molecular weight is 1000 g/mol. The van der Waals surface area contributed by atoms with Crippen molar-refractivity contribution in [3.8, 4) is 17.6 Å². The van der Waals surface area contributed by atoms with E-state index in [4.69, 9.17) is 14.2 Å². The molecule has 3 N–H and O–H groups in total. The summed E-state index contributed by atoms with van der Waals surface area (Å²) in [6, 6.07) is 44.3. The van der Waals surface area contributed by atoms with E-state index in [1.165, 1.54) is 0 Å². The number of urea groups is 1. The number of nitrogens with zero attached hydrogens (tertiary/aromatic N) is 3. The van der Waals surface area contributed by atoms with E-state index in [1.807, 2.05) is 151 Å². The Kier molecular flexibility index (Phi) is 14.1. The smallest absolute Gasteiger partial charge is 0.329 e. The van der Waals surface area contributed by atoms with Gasteiger partial charge in [0.15, 0.2) is 0 Å². The third-order valence-electron chi connectivity index (χ3n) is 15.3. The number of hydrogen-bond donors (Lipinski definition) is 3. The van der Waals surface area contributed by atoms with Crippen LogP contribution in [0, 0.1) is 17.8 Å². The van der Waals surface area contributed by atoms with Gasteiger partial charge in [-0.25, -0.2) is 9.69 Å². The van der Waals surface area contributed by atoms with Crippen molar-refractivity contribution >= 4 is 40.9 Å². The summed E-state index contributed by atoms with van der Waals surface area (Å²) in [4.78, 5) is 69.4. The normalized spacial score (nSPS) is 23.5. The maximum atomic E-state index is 16.9. The molecular weight excluding hydrogens is 943 g/mol. The summed E-state index contributed by atoms with van der Waals surface area (Å²) in [6.07, 6.45) is 5.19. The fourth-order valence-electron chi connectivity index (χ4n) is 11.9. The number of carbonyl (C=O) groups is 4. The van der Waals surface area contributed by atoms with Gasteiger partial charge in [0.2, 0.25) is 11.8 Å². The van der Waals surface area contributed by atoms with Gasteiger partial charge in [0.1, 0.15) is 29.9 Å². The first-order chi connectivity index (χ1) is 36.7. The first-order valence-electron chi connectivity index (χ1n) is 25.9. The Bertz CT molecular complexity index is 3150. The van der Waals surface area contributed by atoms with E-state index in [0.29, 0.717) is 41.3 Å². The summed E-state index contributed by atoms with van der Waals surface area (Å²) in [7, 11) is 0. The maximum Gasteiger partial charge on any atom is 0.329 e.